The van der Waals surface area contributed by atoms with Gasteiger partial charge in [0.15, 0.2) is 0 Å². The van der Waals surface area contributed by atoms with Gasteiger partial charge >= 0.3 is 5.95 Å². The number of amides is 1. The van der Waals surface area contributed by atoms with Gasteiger partial charge in [-0.15, -0.1) is 0 Å². The Balaban J connectivity index is 2.05. The minimum atomic E-state index is -0.709. The van der Waals surface area contributed by atoms with Gasteiger partial charge in [0.2, 0.25) is 12.2 Å². The number of benzene rings is 1. The van der Waals surface area contributed by atoms with Crippen LogP contribution in [0.4, 0.5) is 11.6 Å². The first-order chi connectivity index (χ1) is 9.45. The molecule has 0 saturated heterocycles. The average molecular weight is 275 g/mol. The van der Waals surface area contributed by atoms with E-state index in [0.717, 1.165) is 22.1 Å². The van der Waals surface area contributed by atoms with Crippen LogP contribution in [0.25, 0.3) is 0 Å². The largest absolute Gasteiger partial charge is 0.490 e. The highest BCUT2D eigenvalue weighted by Gasteiger charge is 2.15. The summed E-state index contributed by atoms with van der Waals surface area (Å²) in [5.74, 6) is -0.844. The molecule has 0 atom stereocenters. The molecule has 1 N–H and O–H groups in total. The Bertz CT molecular complexity index is 665. The van der Waals surface area contributed by atoms with Gasteiger partial charge in [-0.2, -0.15) is 4.68 Å². The third kappa shape index (κ3) is 3.16. The van der Waals surface area contributed by atoms with Crippen LogP contribution in [-0.4, -0.2) is 25.6 Å². The summed E-state index contributed by atoms with van der Waals surface area (Å²) in [6.45, 7) is 3.68. The number of nitro groups is 1. The number of aromatic nitrogens is 3. The van der Waals surface area contributed by atoms with E-state index in [9.17, 15) is 14.9 Å². The molecule has 1 amide bonds. The van der Waals surface area contributed by atoms with Crippen LogP contribution >= 0.6 is 0 Å². The van der Waals surface area contributed by atoms with Crippen LogP contribution < -0.4 is 5.32 Å². The number of carbonyl (C=O) groups is 1. The maximum atomic E-state index is 11.9. The van der Waals surface area contributed by atoms with Gasteiger partial charge in [-0.3, -0.25) is 4.79 Å². The first-order valence-corrected chi connectivity index (χ1v) is 5.86. The normalized spacial score (nSPS) is 10.3. The summed E-state index contributed by atoms with van der Waals surface area (Å²) in [4.78, 5) is 25.1. The highest BCUT2D eigenvalue weighted by molar-refractivity contribution is 5.91. The monoisotopic (exact) mass is 275 g/mol. The lowest BCUT2D eigenvalue weighted by Crippen LogP contribution is -2.19. The van der Waals surface area contributed by atoms with E-state index in [2.05, 4.69) is 15.4 Å². The van der Waals surface area contributed by atoms with Crippen molar-refractivity contribution in [3.05, 3.63) is 45.8 Å². The van der Waals surface area contributed by atoms with Gasteiger partial charge in [-0.25, -0.2) is 0 Å². The average Bonchev–Trinajstić information content (AvgIpc) is 2.82. The number of aryl methyl sites for hydroxylation is 2. The maximum absolute atomic E-state index is 11.9. The molecule has 2 aromatic rings. The second-order valence-corrected chi connectivity index (χ2v) is 4.37. The molecule has 1 aromatic heterocycles. The zero-order chi connectivity index (χ0) is 14.7. The van der Waals surface area contributed by atoms with E-state index in [1.165, 1.54) is 0 Å². The van der Waals surface area contributed by atoms with Gasteiger partial charge < -0.3 is 15.4 Å². The van der Waals surface area contributed by atoms with Gasteiger partial charge in [0.05, 0.1) is 0 Å². The predicted octanol–water partition coefficient (Wildman–Crippen LogP) is 1.44. The summed E-state index contributed by atoms with van der Waals surface area (Å²) in [5.41, 5.74) is 2.68. The predicted molar refractivity (Wildman–Crippen MR) is 71.2 cm³/mol. The lowest BCUT2D eigenvalue weighted by molar-refractivity contribution is -0.394. The number of anilines is 1. The molecule has 0 aliphatic heterocycles. The number of rotatable bonds is 4. The molecule has 0 aliphatic rings. The number of carbonyl (C=O) groups excluding carboxylic acids is 1. The molecule has 0 fully saturated rings. The summed E-state index contributed by atoms with van der Waals surface area (Å²) < 4.78 is 1.12. The molecule has 1 heterocycles. The van der Waals surface area contributed by atoms with Crippen LogP contribution in [0.15, 0.2) is 24.5 Å². The molecule has 20 heavy (non-hydrogen) atoms. The van der Waals surface area contributed by atoms with E-state index >= 15 is 0 Å². The van der Waals surface area contributed by atoms with E-state index in [0.29, 0.717) is 5.69 Å². The molecule has 0 bridgehead atoms. The Hall–Kier alpha value is -2.77. The molecular formula is C12H13N5O3. The van der Waals surface area contributed by atoms with Gasteiger partial charge in [-0.05, 0) is 36.0 Å². The fourth-order valence-corrected chi connectivity index (χ4v) is 1.65. The van der Waals surface area contributed by atoms with Crippen molar-refractivity contribution in [3.8, 4) is 0 Å². The minimum Gasteiger partial charge on any atom is -0.390 e. The second-order valence-electron chi connectivity index (χ2n) is 4.37. The summed E-state index contributed by atoms with van der Waals surface area (Å²) in [7, 11) is 0. The van der Waals surface area contributed by atoms with E-state index in [-0.39, 0.29) is 12.5 Å². The quantitative estimate of drug-likeness (QED) is 0.671. The molecule has 1 aromatic carbocycles. The molecule has 2 rings (SSSR count). The molecule has 104 valence electrons. The third-order valence-electron chi connectivity index (χ3n) is 2.66. The van der Waals surface area contributed by atoms with Crippen LogP contribution in [0.2, 0.25) is 0 Å². The molecule has 0 saturated carbocycles. The van der Waals surface area contributed by atoms with E-state index in [1.807, 2.05) is 32.0 Å². The van der Waals surface area contributed by atoms with E-state index in [4.69, 9.17) is 0 Å². The SMILES string of the molecule is Cc1ccc(C)c(NC(=O)Cn2cnc([N+](=O)[O-])n2)c1. The van der Waals surface area contributed by atoms with Crippen LogP contribution in [-0.2, 0) is 11.3 Å². The number of hydrogen-bond acceptors (Lipinski definition) is 5. The van der Waals surface area contributed by atoms with Gasteiger partial charge in [-0.1, -0.05) is 17.1 Å². The summed E-state index contributed by atoms with van der Waals surface area (Å²) in [5, 5.41) is 16.8. The number of hydrogen-bond donors (Lipinski definition) is 1. The summed E-state index contributed by atoms with van der Waals surface area (Å²) in [6, 6.07) is 5.72. The highest BCUT2D eigenvalue weighted by Crippen LogP contribution is 2.16. The van der Waals surface area contributed by atoms with Crippen molar-refractivity contribution in [1.29, 1.82) is 0 Å². The van der Waals surface area contributed by atoms with Crippen molar-refractivity contribution in [1.82, 2.24) is 14.8 Å². The first kappa shape index (κ1) is 13.7. The summed E-state index contributed by atoms with van der Waals surface area (Å²) >= 11 is 0. The smallest absolute Gasteiger partial charge is 0.390 e. The minimum absolute atomic E-state index is 0.131. The van der Waals surface area contributed by atoms with Gasteiger partial charge in [0.1, 0.15) is 6.54 Å². The van der Waals surface area contributed by atoms with Crippen LogP contribution in [0.1, 0.15) is 11.1 Å². The third-order valence-corrected chi connectivity index (χ3v) is 2.66. The Labute approximate surface area is 114 Å². The highest BCUT2D eigenvalue weighted by atomic mass is 16.6. The fourth-order valence-electron chi connectivity index (χ4n) is 1.65. The Morgan fingerprint density at radius 3 is 2.85 bits per heavy atom. The van der Waals surface area contributed by atoms with Crippen LogP contribution in [0.3, 0.4) is 0 Å². The van der Waals surface area contributed by atoms with E-state index < -0.39 is 10.9 Å². The van der Waals surface area contributed by atoms with Crippen molar-refractivity contribution in [2.75, 3.05) is 5.32 Å². The molecule has 0 spiro atoms. The lowest BCUT2D eigenvalue weighted by atomic mass is 10.1. The summed E-state index contributed by atoms with van der Waals surface area (Å²) in [6.07, 6.45) is 1.15. The molecule has 0 radical (unpaired) electrons. The van der Waals surface area contributed by atoms with Gasteiger partial charge in [0, 0.05) is 10.8 Å². The molecule has 0 unspecified atom stereocenters. The van der Waals surface area contributed by atoms with Crippen molar-refractivity contribution in [3.63, 3.8) is 0 Å². The molecule has 8 nitrogen and oxygen atoms in total. The van der Waals surface area contributed by atoms with Crippen molar-refractivity contribution < 1.29 is 9.72 Å². The molecule has 8 heteroatoms. The standard InChI is InChI=1S/C12H13N5O3/c1-8-3-4-9(2)10(5-8)14-11(18)6-16-7-13-12(15-16)17(19)20/h3-5,7H,6H2,1-2H3,(H,14,18). The van der Waals surface area contributed by atoms with Crippen molar-refractivity contribution >= 4 is 17.5 Å². The fraction of sp³-hybridized carbons (Fsp3) is 0.250. The van der Waals surface area contributed by atoms with Crippen molar-refractivity contribution in [2.45, 2.75) is 20.4 Å². The maximum Gasteiger partial charge on any atom is 0.490 e. The zero-order valence-corrected chi connectivity index (χ0v) is 11.0. The first-order valence-electron chi connectivity index (χ1n) is 5.86. The second kappa shape index (κ2) is 5.47. The van der Waals surface area contributed by atoms with Crippen LogP contribution in [0.5, 0.6) is 0 Å². The Kier molecular flexibility index (Phi) is 3.74. The Morgan fingerprint density at radius 1 is 1.45 bits per heavy atom. The van der Waals surface area contributed by atoms with Crippen molar-refractivity contribution in [2.24, 2.45) is 0 Å². The Morgan fingerprint density at radius 2 is 2.20 bits per heavy atom. The molecule has 0 aliphatic carbocycles. The number of nitrogens with one attached hydrogen (secondary N) is 1. The van der Waals surface area contributed by atoms with Gasteiger partial charge in [0.25, 0.3) is 0 Å². The van der Waals surface area contributed by atoms with E-state index in [1.54, 1.807) is 0 Å². The molecular weight excluding hydrogens is 262 g/mol. The number of nitrogens with zero attached hydrogens (tertiary/aromatic N) is 4. The topological polar surface area (TPSA) is 103 Å². The van der Waals surface area contributed by atoms with Crippen LogP contribution in [0, 0.1) is 24.0 Å². The lowest BCUT2D eigenvalue weighted by Gasteiger charge is -2.08. The zero-order valence-electron chi connectivity index (χ0n) is 11.0.